The zero-order chi connectivity index (χ0) is 10.6. The Hall–Kier alpha value is 0.537. The molecule has 0 aromatic heterocycles. The van der Waals surface area contributed by atoms with Crippen molar-refractivity contribution in [3.05, 3.63) is 12.7 Å². The fourth-order valence-electron chi connectivity index (χ4n) is 1.47. The van der Waals surface area contributed by atoms with Gasteiger partial charge in [-0.3, -0.25) is 0 Å². The number of hydrogen-bond acceptors (Lipinski definition) is 0. The molecule has 0 unspecified atom stereocenters. The van der Waals surface area contributed by atoms with E-state index in [0.717, 1.165) is 6.04 Å². The third-order valence-corrected chi connectivity index (χ3v) is 4.48. The Balaban J connectivity index is 2.88. The van der Waals surface area contributed by atoms with Crippen molar-refractivity contribution in [2.75, 3.05) is 0 Å². The van der Waals surface area contributed by atoms with Crippen LogP contribution in [0, 0.1) is 0 Å². The highest BCUT2D eigenvalue weighted by Crippen LogP contribution is 2.13. The van der Waals surface area contributed by atoms with Gasteiger partial charge in [0.25, 0.3) is 0 Å². The molecule has 0 bridgehead atoms. The lowest BCUT2D eigenvalue weighted by Crippen LogP contribution is -1.90. The molecule has 0 aliphatic carbocycles. The van der Waals surface area contributed by atoms with Gasteiger partial charge in [-0.05, 0) is 18.9 Å². The quantitative estimate of drug-likeness (QED) is 0.223. The molecule has 0 spiro atoms. The van der Waals surface area contributed by atoms with Crippen molar-refractivity contribution in [1.29, 1.82) is 0 Å². The number of rotatable bonds is 10. The standard InChI is InChI=1S/C11H22Cl2Si/c1-2-3-4-5-6-7-8-9-10-11-14(12)13/h2,14H,1,3-11H2. The van der Waals surface area contributed by atoms with Crippen LogP contribution >= 0.6 is 22.2 Å². The molecule has 0 aromatic rings. The van der Waals surface area contributed by atoms with Gasteiger partial charge in [-0.25, -0.2) is 0 Å². The van der Waals surface area contributed by atoms with E-state index in [1.54, 1.807) is 0 Å². The second-order valence-corrected chi connectivity index (χ2v) is 8.92. The fourth-order valence-corrected chi connectivity index (χ4v) is 2.99. The topological polar surface area (TPSA) is 0 Å². The van der Waals surface area contributed by atoms with Crippen LogP contribution in [-0.4, -0.2) is 7.42 Å². The molecule has 0 heterocycles. The van der Waals surface area contributed by atoms with Crippen LogP contribution in [0.5, 0.6) is 0 Å². The Bertz CT molecular complexity index is 126. The van der Waals surface area contributed by atoms with Crippen molar-refractivity contribution >= 4 is 29.6 Å². The van der Waals surface area contributed by atoms with Crippen LogP contribution in [-0.2, 0) is 0 Å². The minimum Gasteiger partial charge on any atom is -0.150 e. The molecule has 0 N–H and O–H groups in total. The lowest BCUT2D eigenvalue weighted by Gasteiger charge is -2.01. The second kappa shape index (κ2) is 11.6. The predicted octanol–water partition coefficient (Wildman–Crippen LogP) is 4.99. The minimum absolute atomic E-state index is 1.08. The van der Waals surface area contributed by atoms with Crippen LogP contribution in [0.3, 0.4) is 0 Å². The summed E-state index contributed by atoms with van der Waals surface area (Å²) in [5.74, 6) is 0. The highest BCUT2D eigenvalue weighted by atomic mass is 35.7. The summed E-state index contributed by atoms with van der Waals surface area (Å²) >= 11 is 11.5. The average molecular weight is 253 g/mol. The van der Waals surface area contributed by atoms with E-state index in [0.29, 0.717) is 0 Å². The van der Waals surface area contributed by atoms with Crippen molar-refractivity contribution in [3.63, 3.8) is 0 Å². The molecule has 14 heavy (non-hydrogen) atoms. The summed E-state index contributed by atoms with van der Waals surface area (Å²) in [5.41, 5.74) is 0. The summed E-state index contributed by atoms with van der Waals surface area (Å²) < 4.78 is 0. The van der Waals surface area contributed by atoms with Crippen LogP contribution in [0.2, 0.25) is 6.04 Å². The van der Waals surface area contributed by atoms with E-state index in [-0.39, 0.29) is 0 Å². The molecule has 84 valence electrons. The molecule has 3 heteroatoms. The van der Waals surface area contributed by atoms with Crippen LogP contribution in [0.15, 0.2) is 12.7 Å². The molecule has 0 nitrogen and oxygen atoms in total. The maximum atomic E-state index is 5.77. The zero-order valence-corrected chi connectivity index (χ0v) is 11.6. The summed E-state index contributed by atoms with van der Waals surface area (Å²) in [6, 6.07) is 1.08. The molecule has 0 aliphatic rings. The van der Waals surface area contributed by atoms with E-state index >= 15 is 0 Å². The summed E-state index contributed by atoms with van der Waals surface area (Å²) in [5, 5.41) is 0. The molecular formula is C11H22Cl2Si. The maximum Gasteiger partial charge on any atom is 0.237 e. The van der Waals surface area contributed by atoms with Gasteiger partial charge in [-0.2, -0.15) is 22.2 Å². The minimum atomic E-state index is -1.31. The number of halogens is 2. The average Bonchev–Trinajstić information content (AvgIpc) is 2.15. The molecule has 0 amide bonds. The van der Waals surface area contributed by atoms with E-state index in [9.17, 15) is 0 Å². The normalized spacial score (nSPS) is 10.8. The van der Waals surface area contributed by atoms with Gasteiger partial charge in [0.15, 0.2) is 0 Å². The van der Waals surface area contributed by atoms with Crippen molar-refractivity contribution < 1.29 is 0 Å². The zero-order valence-electron chi connectivity index (χ0n) is 8.98. The highest BCUT2D eigenvalue weighted by molar-refractivity contribution is 7.33. The second-order valence-electron chi connectivity index (χ2n) is 3.73. The Morgan fingerprint density at radius 2 is 1.36 bits per heavy atom. The summed E-state index contributed by atoms with van der Waals surface area (Å²) in [4.78, 5) is 0. The van der Waals surface area contributed by atoms with E-state index in [4.69, 9.17) is 22.2 Å². The van der Waals surface area contributed by atoms with Gasteiger partial charge in [0.05, 0.1) is 0 Å². The molecule has 0 aliphatic heterocycles. The van der Waals surface area contributed by atoms with E-state index in [1.165, 1.54) is 51.4 Å². The number of unbranched alkanes of at least 4 members (excludes halogenated alkanes) is 7. The lowest BCUT2D eigenvalue weighted by atomic mass is 10.1. The highest BCUT2D eigenvalue weighted by Gasteiger charge is 2.00. The van der Waals surface area contributed by atoms with Crippen LogP contribution in [0.4, 0.5) is 0 Å². The van der Waals surface area contributed by atoms with Crippen molar-refractivity contribution in [1.82, 2.24) is 0 Å². The molecule has 0 atom stereocenters. The lowest BCUT2D eigenvalue weighted by molar-refractivity contribution is 0.592. The Morgan fingerprint density at radius 1 is 0.857 bits per heavy atom. The summed E-state index contributed by atoms with van der Waals surface area (Å²) in [6.45, 7) is 3.71. The Labute approximate surface area is 99.7 Å². The molecular weight excluding hydrogens is 231 g/mol. The summed E-state index contributed by atoms with van der Waals surface area (Å²) in [7, 11) is -1.31. The largest absolute Gasteiger partial charge is 0.237 e. The van der Waals surface area contributed by atoms with E-state index in [1.807, 2.05) is 6.08 Å². The maximum absolute atomic E-state index is 5.77. The van der Waals surface area contributed by atoms with Gasteiger partial charge in [0.2, 0.25) is 7.42 Å². The van der Waals surface area contributed by atoms with Gasteiger partial charge >= 0.3 is 0 Å². The molecule has 0 radical (unpaired) electrons. The molecule has 0 fully saturated rings. The smallest absolute Gasteiger partial charge is 0.150 e. The molecule has 0 aromatic carbocycles. The number of hydrogen-bond donors (Lipinski definition) is 0. The predicted molar refractivity (Wildman–Crippen MR) is 70.8 cm³/mol. The fraction of sp³-hybridized carbons (Fsp3) is 0.818. The van der Waals surface area contributed by atoms with Gasteiger partial charge in [-0.15, -0.1) is 6.58 Å². The number of allylic oxidation sites excluding steroid dienone is 1. The van der Waals surface area contributed by atoms with E-state index in [2.05, 4.69) is 6.58 Å². The molecule has 0 saturated carbocycles. The first-order chi connectivity index (χ1) is 6.77. The third kappa shape index (κ3) is 12.5. The summed E-state index contributed by atoms with van der Waals surface area (Å²) in [6.07, 6.45) is 12.5. The SMILES string of the molecule is C=CCCCCCCCCC[SiH](Cl)Cl. The molecule has 0 rings (SSSR count). The third-order valence-electron chi connectivity index (χ3n) is 2.33. The Morgan fingerprint density at radius 3 is 1.86 bits per heavy atom. The van der Waals surface area contributed by atoms with Crippen molar-refractivity contribution in [2.45, 2.75) is 57.4 Å². The van der Waals surface area contributed by atoms with Crippen LogP contribution in [0.25, 0.3) is 0 Å². The van der Waals surface area contributed by atoms with Gasteiger partial charge in [0.1, 0.15) is 0 Å². The first kappa shape index (κ1) is 14.5. The molecule has 0 saturated heterocycles. The monoisotopic (exact) mass is 252 g/mol. The van der Waals surface area contributed by atoms with Gasteiger partial charge < -0.3 is 0 Å². The Kier molecular flexibility index (Phi) is 12.1. The van der Waals surface area contributed by atoms with Gasteiger partial charge in [0, 0.05) is 0 Å². The van der Waals surface area contributed by atoms with E-state index < -0.39 is 7.42 Å². The van der Waals surface area contributed by atoms with Gasteiger partial charge in [-0.1, -0.05) is 44.6 Å². The van der Waals surface area contributed by atoms with Crippen molar-refractivity contribution in [3.8, 4) is 0 Å². The first-order valence-corrected chi connectivity index (χ1v) is 9.97. The first-order valence-electron chi connectivity index (χ1n) is 5.66. The van der Waals surface area contributed by atoms with Crippen LogP contribution in [0.1, 0.15) is 51.4 Å². The van der Waals surface area contributed by atoms with Crippen LogP contribution < -0.4 is 0 Å². The van der Waals surface area contributed by atoms with Crippen molar-refractivity contribution in [2.24, 2.45) is 0 Å².